The van der Waals surface area contributed by atoms with Crippen molar-refractivity contribution in [3.05, 3.63) is 78.0 Å². The Morgan fingerprint density at radius 1 is 1.07 bits per heavy atom. The third-order valence-corrected chi connectivity index (χ3v) is 3.67. The Kier molecular flexibility index (Phi) is 5.91. The molecule has 2 aromatic carbocycles. The molecule has 1 heterocycles. The summed E-state index contributed by atoms with van der Waals surface area (Å²) in [5.74, 6) is -1.13. The molecule has 7 nitrogen and oxygen atoms in total. The van der Waals surface area contributed by atoms with Gasteiger partial charge in [0.05, 0.1) is 17.9 Å². The van der Waals surface area contributed by atoms with Crippen LogP contribution in [0.5, 0.6) is 0 Å². The molecule has 0 saturated carbocycles. The lowest BCUT2D eigenvalue weighted by atomic mass is 10.2. The van der Waals surface area contributed by atoms with Crippen LogP contribution in [0, 0.1) is 5.82 Å². The standard InChI is InChI=1S/C20H17FN4O3/c1-2-28-20(27)15-8-3-4-9-16(15)25-18-11-17(22-12-23-18)19(26)24-14-7-5-6-13(21)10-14/h3-12H,2H2,1H3,(H,24,26)(H,22,23,25). The van der Waals surface area contributed by atoms with Crippen molar-refractivity contribution in [2.24, 2.45) is 0 Å². The number of esters is 1. The minimum Gasteiger partial charge on any atom is -0.462 e. The van der Waals surface area contributed by atoms with Gasteiger partial charge in [-0.1, -0.05) is 18.2 Å². The average Bonchev–Trinajstić information content (AvgIpc) is 2.69. The number of amides is 1. The molecule has 0 radical (unpaired) electrons. The molecular formula is C20H17FN4O3. The highest BCUT2D eigenvalue weighted by molar-refractivity contribution is 6.03. The summed E-state index contributed by atoms with van der Waals surface area (Å²) >= 11 is 0. The number of nitrogens with zero attached hydrogens (tertiary/aromatic N) is 2. The molecule has 2 N–H and O–H groups in total. The Bertz CT molecular complexity index is 1010. The molecule has 0 aliphatic heterocycles. The fourth-order valence-electron chi connectivity index (χ4n) is 2.43. The molecule has 0 aliphatic carbocycles. The van der Waals surface area contributed by atoms with E-state index in [0.717, 1.165) is 0 Å². The van der Waals surface area contributed by atoms with E-state index < -0.39 is 17.7 Å². The maximum atomic E-state index is 13.3. The van der Waals surface area contributed by atoms with Gasteiger partial charge < -0.3 is 15.4 Å². The first-order chi connectivity index (χ1) is 13.6. The van der Waals surface area contributed by atoms with Crippen molar-refractivity contribution in [1.29, 1.82) is 0 Å². The highest BCUT2D eigenvalue weighted by atomic mass is 19.1. The summed E-state index contributed by atoms with van der Waals surface area (Å²) in [5.41, 5.74) is 1.21. The molecule has 0 unspecified atom stereocenters. The van der Waals surface area contributed by atoms with Crippen molar-refractivity contribution in [2.75, 3.05) is 17.2 Å². The number of halogens is 1. The van der Waals surface area contributed by atoms with Crippen LogP contribution < -0.4 is 10.6 Å². The second-order valence-corrected chi connectivity index (χ2v) is 5.64. The van der Waals surface area contributed by atoms with Crippen molar-refractivity contribution >= 4 is 29.1 Å². The molecule has 8 heteroatoms. The highest BCUT2D eigenvalue weighted by Crippen LogP contribution is 2.21. The number of hydrogen-bond acceptors (Lipinski definition) is 6. The number of benzene rings is 2. The Morgan fingerprint density at radius 3 is 2.68 bits per heavy atom. The second kappa shape index (κ2) is 8.72. The molecule has 3 aromatic rings. The van der Waals surface area contributed by atoms with Crippen LogP contribution in [0.1, 0.15) is 27.8 Å². The van der Waals surface area contributed by atoms with Crippen LogP contribution in [-0.2, 0) is 4.74 Å². The zero-order valence-corrected chi connectivity index (χ0v) is 15.0. The molecule has 0 spiro atoms. The number of carbonyl (C=O) groups excluding carboxylic acids is 2. The van der Waals surface area contributed by atoms with Gasteiger partial charge in [-0.3, -0.25) is 4.79 Å². The Morgan fingerprint density at radius 2 is 1.89 bits per heavy atom. The number of hydrogen-bond donors (Lipinski definition) is 2. The zero-order chi connectivity index (χ0) is 19.9. The maximum absolute atomic E-state index is 13.3. The monoisotopic (exact) mass is 380 g/mol. The summed E-state index contributed by atoms with van der Waals surface area (Å²) in [6.45, 7) is 1.98. The molecule has 142 valence electrons. The summed E-state index contributed by atoms with van der Waals surface area (Å²) in [6.07, 6.45) is 1.22. The van der Waals surface area contributed by atoms with Gasteiger partial charge in [0, 0.05) is 11.8 Å². The normalized spacial score (nSPS) is 10.2. The minimum atomic E-state index is -0.519. The Labute approximate surface area is 160 Å². The van der Waals surface area contributed by atoms with Crippen LogP contribution in [0.15, 0.2) is 60.9 Å². The van der Waals surface area contributed by atoms with E-state index in [9.17, 15) is 14.0 Å². The summed E-state index contributed by atoms with van der Waals surface area (Å²) in [7, 11) is 0. The fraction of sp³-hybridized carbons (Fsp3) is 0.100. The number of aromatic nitrogens is 2. The van der Waals surface area contributed by atoms with Crippen LogP contribution in [0.25, 0.3) is 0 Å². The molecule has 3 rings (SSSR count). The number of para-hydroxylation sites is 1. The van der Waals surface area contributed by atoms with Crippen molar-refractivity contribution < 1.29 is 18.7 Å². The van der Waals surface area contributed by atoms with Crippen molar-refractivity contribution in [1.82, 2.24) is 9.97 Å². The zero-order valence-electron chi connectivity index (χ0n) is 15.0. The van der Waals surface area contributed by atoms with E-state index in [-0.39, 0.29) is 12.3 Å². The van der Waals surface area contributed by atoms with Gasteiger partial charge in [0.2, 0.25) is 0 Å². The van der Waals surface area contributed by atoms with E-state index in [4.69, 9.17) is 4.74 Å². The first-order valence-electron chi connectivity index (χ1n) is 8.49. The van der Waals surface area contributed by atoms with Gasteiger partial charge in [-0.2, -0.15) is 0 Å². The first-order valence-corrected chi connectivity index (χ1v) is 8.49. The van der Waals surface area contributed by atoms with Crippen LogP contribution in [0.4, 0.5) is 21.6 Å². The minimum absolute atomic E-state index is 0.0791. The van der Waals surface area contributed by atoms with Crippen LogP contribution in [0.3, 0.4) is 0 Å². The van der Waals surface area contributed by atoms with E-state index in [2.05, 4.69) is 20.6 Å². The largest absolute Gasteiger partial charge is 0.462 e. The van der Waals surface area contributed by atoms with Gasteiger partial charge >= 0.3 is 5.97 Å². The number of ether oxygens (including phenoxy) is 1. The van der Waals surface area contributed by atoms with Gasteiger partial charge in [0.1, 0.15) is 23.7 Å². The van der Waals surface area contributed by atoms with Gasteiger partial charge in [-0.05, 0) is 37.3 Å². The molecule has 1 amide bonds. The predicted molar refractivity (Wildman–Crippen MR) is 102 cm³/mol. The molecule has 0 atom stereocenters. The van der Waals surface area contributed by atoms with E-state index in [0.29, 0.717) is 22.8 Å². The summed E-state index contributed by atoms with van der Waals surface area (Å²) in [6, 6.07) is 13.8. The maximum Gasteiger partial charge on any atom is 0.340 e. The number of nitrogens with one attached hydrogen (secondary N) is 2. The quantitative estimate of drug-likeness (QED) is 0.632. The van der Waals surface area contributed by atoms with Crippen molar-refractivity contribution in [2.45, 2.75) is 6.92 Å². The van der Waals surface area contributed by atoms with E-state index in [1.54, 1.807) is 37.3 Å². The molecule has 0 bridgehead atoms. The van der Waals surface area contributed by atoms with Gasteiger partial charge in [0.15, 0.2) is 0 Å². The van der Waals surface area contributed by atoms with Gasteiger partial charge in [0.25, 0.3) is 5.91 Å². The Hall–Kier alpha value is -3.81. The van der Waals surface area contributed by atoms with E-state index in [1.165, 1.54) is 30.6 Å². The molecule has 0 aliphatic rings. The third-order valence-electron chi connectivity index (χ3n) is 3.67. The van der Waals surface area contributed by atoms with Crippen molar-refractivity contribution in [3.63, 3.8) is 0 Å². The molecule has 0 saturated heterocycles. The lowest BCUT2D eigenvalue weighted by Gasteiger charge is -2.11. The number of anilines is 3. The third kappa shape index (κ3) is 4.67. The van der Waals surface area contributed by atoms with Crippen molar-refractivity contribution in [3.8, 4) is 0 Å². The summed E-state index contributed by atoms with van der Waals surface area (Å²) in [4.78, 5) is 32.4. The second-order valence-electron chi connectivity index (χ2n) is 5.64. The Balaban J connectivity index is 1.79. The number of carbonyl (C=O) groups is 2. The molecule has 28 heavy (non-hydrogen) atoms. The van der Waals surface area contributed by atoms with Crippen LogP contribution in [-0.4, -0.2) is 28.5 Å². The molecule has 1 aromatic heterocycles. The summed E-state index contributed by atoms with van der Waals surface area (Å²) in [5, 5.41) is 5.55. The van der Waals surface area contributed by atoms with Gasteiger partial charge in [-0.15, -0.1) is 0 Å². The fourth-order valence-corrected chi connectivity index (χ4v) is 2.43. The molecule has 0 fully saturated rings. The van der Waals surface area contributed by atoms with Crippen LogP contribution in [0.2, 0.25) is 0 Å². The SMILES string of the molecule is CCOC(=O)c1ccccc1Nc1cc(C(=O)Nc2cccc(F)c2)ncn1. The molecular weight excluding hydrogens is 363 g/mol. The van der Waals surface area contributed by atoms with E-state index >= 15 is 0 Å². The number of rotatable bonds is 6. The smallest absolute Gasteiger partial charge is 0.340 e. The van der Waals surface area contributed by atoms with Gasteiger partial charge in [-0.25, -0.2) is 19.2 Å². The average molecular weight is 380 g/mol. The lowest BCUT2D eigenvalue weighted by Crippen LogP contribution is -2.14. The first kappa shape index (κ1) is 19.0. The predicted octanol–water partition coefficient (Wildman–Crippen LogP) is 3.79. The topological polar surface area (TPSA) is 93.2 Å². The highest BCUT2D eigenvalue weighted by Gasteiger charge is 2.14. The van der Waals surface area contributed by atoms with Crippen LogP contribution >= 0.6 is 0 Å². The lowest BCUT2D eigenvalue weighted by molar-refractivity contribution is 0.0527. The summed E-state index contributed by atoms with van der Waals surface area (Å²) < 4.78 is 18.3. The van der Waals surface area contributed by atoms with E-state index in [1.807, 2.05) is 0 Å².